The molecule has 0 aliphatic carbocycles. The van der Waals surface area contributed by atoms with E-state index in [-0.39, 0.29) is 24.2 Å². The number of ether oxygens (including phenoxy) is 2. The minimum Gasteiger partial charge on any atom is -0.389 e. The van der Waals surface area contributed by atoms with E-state index in [0.29, 0.717) is 6.61 Å². The maximum atomic E-state index is 10.9. The minimum atomic E-state index is -0.591. The van der Waals surface area contributed by atoms with Crippen molar-refractivity contribution in [3.63, 3.8) is 0 Å². The van der Waals surface area contributed by atoms with E-state index in [1.807, 2.05) is 28.8 Å². The molecular formula is C16H21N3O3. The lowest BCUT2D eigenvalue weighted by molar-refractivity contribution is -0.165. The summed E-state index contributed by atoms with van der Waals surface area (Å²) >= 11 is 0. The van der Waals surface area contributed by atoms with Gasteiger partial charge in [-0.15, -0.1) is 0 Å². The van der Waals surface area contributed by atoms with Crippen molar-refractivity contribution < 1.29 is 14.6 Å². The number of rotatable bonds is 3. The van der Waals surface area contributed by atoms with Gasteiger partial charge in [-0.2, -0.15) is 0 Å². The molecule has 118 valence electrons. The summed E-state index contributed by atoms with van der Waals surface area (Å²) in [5.74, 6) is 0. The standard InChI is InChI=1S/C16H21N3O3/c1-9(2)18-13-12-7-21-16(22-12)14(15(13)20)19-8-17-10-5-3-4-6-11(10)19/h3-6,8-9,12-16,18,20H,7H2,1-2H3. The first kappa shape index (κ1) is 14.1. The smallest absolute Gasteiger partial charge is 0.181 e. The normalized spacial score (nSPS) is 34.6. The molecule has 2 saturated heterocycles. The summed E-state index contributed by atoms with van der Waals surface area (Å²) in [5.41, 5.74) is 1.88. The van der Waals surface area contributed by atoms with Crippen molar-refractivity contribution in [3.05, 3.63) is 30.6 Å². The molecule has 6 heteroatoms. The number of aliphatic hydroxyl groups excluding tert-OH is 1. The molecule has 0 spiro atoms. The van der Waals surface area contributed by atoms with Crippen LogP contribution in [0.2, 0.25) is 0 Å². The Hall–Kier alpha value is -1.47. The Kier molecular flexibility index (Phi) is 3.41. The maximum Gasteiger partial charge on any atom is 0.181 e. The highest BCUT2D eigenvalue weighted by molar-refractivity contribution is 5.75. The molecule has 22 heavy (non-hydrogen) atoms. The van der Waals surface area contributed by atoms with Crippen molar-refractivity contribution in [2.75, 3.05) is 6.61 Å². The van der Waals surface area contributed by atoms with Gasteiger partial charge in [-0.1, -0.05) is 26.0 Å². The molecule has 0 amide bonds. The number of nitrogens with one attached hydrogen (secondary N) is 1. The Morgan fingerprint density at radius 2 is 2.18 bits per heavy atom. The quantitative estimate of drug-likeness (QED) is 0.887. The number of fused-ring (bicyclic) bond motifs is 3. The van der Waals surface area contributed by atoms with E-state index < -0.39 is 12.4 Å². The first-order chi connectivity index (χ1) is 10.6. The zero-order valence-electron chi connectivity index (χ0n) is 12.7. The van der Waals surface area contributed by atoms with Crippen LogP contribution in [0.3, 0.4) is 0 Å². The molecule has 2 fully saturated rings. The van der Waals surface area contributed by atoms with Crippen molar-refractivity contribution >= 4 is 11.0 Å². The topological polar surface area (TPSA) is 68.5 Å². The fourth-order valence-electron chi connectivity index (χ4n) is 3.50. The van der Waals surface area contributed by atoms with E-state index in [9.17, 15) is 5.11 Å². The lowest BCUT2D eigenvalue weighted by Gasteiger charge is -2.40. The highest BCUT2D eigenvalue weighted by Crippen LogP contribution is 2.37. The Bertz CT molecular complexity index is 671. The number of benzene rings is 1. The van der Waals surface area contributed by atoms with Crippen molar-refractivity contribution in [3.8, 4) is 0 Å². The second-order valence-electron chi connectivity index (χ2n) is 6.35. The third-order valence-electron chi connectivity index (χ3n) is 4.46. The zero-order valence-corrected chi connectivity index (χ0v) is 12.7. The van der Waals surface area contributed by atoms with Crippen LogP contribution in [0.5, 0.6) is 0 Å². The molecule has 2 aliphatic heterocycles. The van der Waals surface area contributed by atoms with Gasteiger partial charge in [0.2, 0.25) is 0 Å². The largest absolute Gasteiger partial charge is 0.389 e. The van der Waals surface area contributed by atoms with Crippen LogP contribution in [0.15, 0.2) is 30.6 Å². The van der Waals surface area contributed by atoms with Crippen molar-refractivity contribution in [1.29, 1.82) is 0 Å². The van der Waals surface area contributed by atoms with E-state index in [4.69, 9.17) is 9.47 Å². The van der Waals surface area contributed by atoms with E-state index in [0.717, 1.165) is 11.0 Å². The van der Waals surface area contributed by atoms with Crippen molar-refractivity contribution in [2.45, 2.75) is 50.5 Å². The van der Waals surface area contributed by atoms with Crippen LogP contribution in [0.1, 0.15) is 19.9 Å². The molecule has 2 bridgehead atoms. The number of imidazole rings is 1. The molecule has 2 N–H and O–H groups in total. The van der Waals surface area contributed by atoms with Crippen LogP contribution in [0.4, 0.5) is 0 Å². The predicted molar refractivity (Wildman–Crippen MR) is 81.4 cm³/mol. The molecule has 5 unspecified atom stereocenters. The monoisotopic (exact) mass is 303 g/mol. The zero-order chi connectivity index (χ0) is 15.3. The van der Waals surface area contributed by atoms with Gasteiger partial charge in [0.15, 0.2) is 6.29 Å². The van der Waals surface area contributed by atoms with E-state index in [1.54, 1.807) is 6.33 Å². The highest BCUT2D eigenvalue weighted by atomic mass is 16.7. The Labute approximate surface area is 129 Å². The van der Waals surface area contributed by atoms with Crippen LogP contribution >= 0.6 is 0 Å². The lowest BCUT2D eigenvalue weighted by Crippen LogP contribution is -2.58. The fraction of sp³-hybridized carbons (Fsp3) is 0.562. The summed E-state index contributed by atoms with van der Waals surface area (Å²) in [7, 11) is 0. The van der Waals surface area contributed by atoms with E-state index >= 15 is 0 Å². The Morgan fingerprint density at radius 1 is 1.36 bits per heavy atom. The number of hydrogen-bond donors (Lipinski definition) is 2. The van der Waals surface area contributed by atoms with Gasteiger partial charge in [-0.05, 0) is 12.1 Å². The number of aliphatic hydroxyl groups is 1. The second-order valence-corrected chi connectivity index (χ2v) is 6.35. The molecule has 1 aromatic heterocycles. The molecular weight excluding hydrogens is 282 g/mol. The average molecular weight is 303 g/mol. The molecule has 0 saturated carbocycles. The van der Waals surface area contributed by atoms with Gasteiger partial charge >= 0.3 is 0 Å². The molecule has 3 heterocycles. The average Bonchev–Trinajstić information content (AvgIpc) is 3.10. The van der Waals surface area contributed by atoms with Crippen LogP contribution in [0.25, 0.3) is 11.0 Å². The molecule has 1 aromatic carbocycles. The SMILES string of the molecule is CC(C)NC1C2COC(O2)C(n2cnc3ccccc32)C1O. The van der Waals surface area contributed by atoms with Crippen molar-refractivity contribution in [1.82, 2.24) is 14.9 Å². The highest BCUT2D eigenvalue weighted by Gasteiger charge is 2.51. The molecule has 2 aliphatic rings. The summed E-state index contributed by atoms with van der Waals surface area (Å²) < 4.78 is 13.7. The fourth-order valence-corrected chi connectivity index (χ4v) is 3.50. The third-order valence-corrected chi connectivity index (χ3v) is 4.46. The molecule has 2 aromatic rings. The second kappa shape index (κ2) is 5.31. The Morgan fingerprint density at radius 3 is 3.00 bits per heavy atom. The van der Waals surface area contributed by atoms with Crippen LogP contribution in [-0.2, 0) is 9.47 Å². The first-order valence-electron chi connectivity index (χ1n) is 7.78. The summed E-state index contributed by atoms with van der Waals surface area (Å²) in [6.45, 7) is 4.64. The molecule has 5 atom stereocenters. The van der Waals surface area contributed by atoms with Crippen molar-refractivity contribution in [2.24, 2.45) is 0 Å². The third kappa shape index (κ3) is 2.14. The van der Waals surface area contributed by atoms with Crippen LogP contribution in [0, 0.1) is 0 Å². The van der Waals surface area contributed by atoms with Gasteiger partial charge in [0, 0.05) is 6.04 Å². The summed E-state index contributed by atoms with van der Waals surface area (Å²) in [5, 5.41) is 14.3. The minimum absolute atomic E-state index is 0.103. The van der Waals surface area contributed by atoms with Gasteiger partial charge in [-0.25, -0.2) is 4.98 Å². The van der Waals surface area contributed by atoms with Crippen LogP contribution < -0.4 is 5.32 Å². The lowest BCUT2D eigenvalue weighted by atomic mass is 9.95. The van der Waals surface area contributed by atoms with E-state index in [1.165, 1.54) is 0 Å². The maximum absolute atomic E-state index is 10.9. The van der Waals surface area contributed by atoms with Crippen LogP contribution in [-0.4, -0.2) is 51.8 Å². The molecule has 6 nitrogen and oxygen atoms in total. The number of aromatic nitrogens is 2. The van der Waals surface area contributed by atoms with Gasteiger partial charge in [0.25, 0.3) is 0 Å². The summed E-state index contributed by atoms with van der Waals surface area (Å²) in [4.78, 5) is 4.42. The first-order valence-corrected chi connectivity index (χ1v) is 7.78. The summed E-state index contributed by atoms with van der Waals surface area (Å²) in [6.07, 6.45) is 0.638. The molecule has 0 radical (unpaired) electrons. The Balaban J connectivity index is 1.73. The number of nitrogens with zero attached hydrogens (tertiary/aromatic N) is 2. The summed E-state index contributed by atoms with van der Waals surface area (Å²) in [6, 6.07) is 7.70. The van der Waals surface area contributed by atoms with E-state index in [2.05, 4.69) is 24.1 Å². The molecule has 4 rings (SSSR count). The van der Waals surface area contributed by atoms with Gasteiger partial charge in [-0.3, -0.25) is 0 Å². The van der Waals surface area contributed by atoms with Gasteiger partial charge < -0.3 is 24.5 Å². The van der Waals surface area contributed by atoms with Gasteiger partial charge in [0.1, 0.15) is 12.1 Å². The number of hydrogen-bond acceptors (Lipinski definition) is 5. The predicted octanol–water partition coefficient (Wildman–Crippen LogP) is 1.06. The number of para-hydroxylation sites is 2. The van der Waals surface area contributed by atoms with Gasteiger partial charge in [0.05, 0.1) is 36.1 Å².